The van der Waals surface area contributed by atoms with Crippen LogP contribution in [0.25, 0.3) is 0 Å². The zero-order valence-electron chi connectivity index (χ0n) is 9.30. The van der Waals surface area contributed by atoms with Crippen molar-refractivity contribution >= 4 is 17.4 Å². The number of nitrogens with zero attached hydrogens (tertiary/aromatic N) is 3. The number of aromatic nitrogens is 2. The van der Waals surface area contributed by atoms with Crippen LogP contribution in [0.4, 0.5) is 11.5 Å². The van der Waals surface area contributed by atoms with Gasteiger partial charge in [-0.05, 0) is 6.92 Å². The molecule has 88 valence electrons. The average Bonchev–Trinajstić information content (AvgIpc) is 2.20. The van der Waals surface area contributed by atoms with E-state index in [2.05, 4.69) is 9.97 Å². The fraction of sp³-hybridized carbons (Fsp3) is 0.444. The van der Waals surface area contributed by atoms with Crippen molar-refractivity contribution in [1.29, 1.82) is 0 Å². The lowest BCUT2D eigenvalue weighted by atomic mass is 10.4. The summed E-state index contributed by atoms with van der Waals surface area (Å²) in [4.78, 5) is 20.2. The molecule has 1 rings (SSSR count). The normalized spacial score (nSPS) is 9.88. The largest absolute Gasteiger partial charge is 0.476 e. The van der Waals surface area contributed by atoms with E-state index < -0.39 is 5.91 Å². The highest BCUT2D eigenvalue weighted by Crippen LogP contribution is 2.26. The molecule has 1 heterocycles. The molecular weight excluding hydrogens is 210 g/mol. The zero-order valence-corrected chi connectivity index (χ0v) is 9.30. The van der Waals surface area contributed by atoms with Crippen molar-refractivity contribution < 1.29 is 9.53 Å². The number of nitrogen functional groups attached to an aromatic ring is 1. The summed E-state index contributed by atoms with van der Waals surface area (Å²) in [7, 11) is 1.67. The number of ether oxygens (including phenoxy) is 1. The second-order valence-electron chi connectivity index (χ2n) is 3.17. The van der Waals surface area contributed by atoms with E-state index in [0.717, 1.165) is 0 Å². The van der Waals surface area contributed by atoms with Crippen molar-refractivity contribution in [3.63, 3.8) is 0 Å². The van der Waals surface area contributed by atoms with Gasteiger partial charge in [0.15, 0.2) is 5.82 Å². The summed E-state index contributed by atoms with van der Waals surface area (Å²) in [5, 5.41) is 0. The standard InChI is InChI=1S/C9H15N5O2/c1-3-16-9-7(11)8(12-5-13-9)14(2)4-6(10)15/h5H,3-4,11H2,1-2H3,(H2,10,15). The first-order chi connectivity index (χ1) is 7.56. The van der Waals surface area contributed by atoms with Crippen LogP contribution in [0.15, 0.2) is 6.33 Å². The molecular formula is C9H15N5O2. The van der Waals surface area contributed by atoms with Gasteiger partial charge in [-0.25, -0.2) is 4.98 Å². The minimum absolute atomic E-state index is 0.0345. The Kier molecular flexibility index (Phi) is 3.87. The number of carbonyl (C=O) groups excluding carboxylic acids is 1. The van der Waals surface area contributed by atoms with Gasteiger partial charge in [0.2, 0.25) is 11.8 Å². The number of likely N-dealkylation sites (N-methyl/N-ethyl adjacent to an activating group) is 1. The summed E-state index contributed by atoms with van der Waals surface area (Å²) in [6.07, 6.45) is 1.33. The monoisotopic (exact) mass is 225 g/mol. The van der Waals surface area contributed by atoms with Crippen LogP contribution in [0.5, 0.6) is 5.88 Å². The van der Waals surface area contributed by atoms with Gasteiger partial charge in [0, 0.05) is 7.05 Å². The van der Waals surface area contributed by atoms with Crippen molar-refractivity contribution in [2.75, 3.05) is 30.8 Å². The highest BCUT2D eigenvalue weighted by Gasteiger charge is 2.13. The summed E-state index contributed by atoms with van der Waals surface area (Å²) in [5.41, 5.74) is 11.2. The predicted molar refractivity (Wildman–Crippen MR) is 60.1 cm³/mol. The smallest absolute Gasteiger partial charge is 0.242 e. The molecule has 0 fully saturated rings. The third kappa shape index (κ3) is 2.72. The van der Waals surface area contributed by atoms with E-state index in [0.29, 0.717) is 24.0 Å². The molecule has 16 heavy (non-hydrogen) atoms. The molecule has 1 aromatic heterocycles. The minimum atomic E-state index is -0.460. The number of hydrogen-bond acceptors (Lipinski definition) is 6. The fourth-order valence-corrected chi connectivity index (χ4v) is 1.24. The van der Waals surface area contributed by atoms with Gasteiger partial charge in [-0.3, -0.25) is 4.79 Å². The summed E-state index contributed by atoms with van der Waals surface area (Å²) in [6, 6.07) is 0. The molecule has 0 aliphatic heterocycles. The Labute approximate surface area is 93.4 Å². The van der Waals surface area contributed by atoms with Crippen LogP contribution in [0.2, 0.25) is 0 Å². The Morgan fingerprint density at radius 1 is 1.56 bits per heavy atom. The molecule has 0 radical (unpaired) electrons. The van der Waals surface area contributed by atoms with Crippen molar-refractivity contribution in [2.24, 2.45) is 5.73 Å². The van der Waals surface area contributed by atoms with E-state index in [4.69, 9.17) is 16.2 Å². The van der Waals surface area contributed by atoms with Gasteiger partial charge in [-0.15, -0.1) is 0 Å². The van der Waals surface area contributed by atoms with Crippen LogP contribution >= 0.6 is 0 Å². The van der Waals surface area contributed by atoms with E-state index >= 15 is 0 Å². The van der Waals surface area contributed by atoms with Gasteiger partial charge in [0.1, 0.15) is 12.0 Å². The van der Waals surface area contributed by atoms with Crippen LogP contribution in [0.1, 0.15) is 6.92 Å². The quantitative estimate of drug-likeness (QED) is 0.691. The molecule has 0 aromatic carbocycles. The topological polar surface area (TPSA) is 107 Å². The summed E-state index contributed by atoms with van der Waals surface area (Å²) in [5.74, 6) is 0.277. The molecule has 0 saturated heterocycles. The number of anilines is 2. The van der Waals surface area contributed by atoms with E-state index in [9.17, 15) is 4.79 Å². The molecule has 4 N–H and O–H groups in total. The number of carbonyl (C=O) groups is 1. The number of hydrogen-bond donors (Lipinski definition) is 2. The third-order valence-corrected chi connectivity index (χ3v) is 1.86. The summed E-state index contributed by atoms with van der Waals surface area (Å²) in [6.45, 7) is 2.32. The third-order valence-electron chi connectivity index (χ3n) is 1.86. The first-order valence-corrected chi connectivity index (χ1v) is 4.79. The predicted octanol–water partition coefficient (Wildman–Crippen LogP) is -0.621. The molecule has 0 spiro atoms. The maximum Gasteiger partial charge on any atom is 0.242 e. The summed E-state index contributed by atoms with van der Waals surface area (Å²) >= 11 is 0. The Hall–Kier alpha value is -2.05. The van der Waals surface area contributed by atoms with E-state index in [1.54, 1.807) is 11.9 Å². The highest BCUT2D eigenvalue weighted by atomic mass is 16.5. The fourth-order valence-electron chi connectivity index (χ4n) is 1.24. The molecule has 7 nitrogen and oxygen atoms in total. The lowest BCUT2D eigenvalue weighted by Crippen LogP contribution is -2.31. The SMILES string of the molecule is CCOc1ncnc(N(C)CC(N)=O)c1N. The Balaban J connectivity index is 2.95. The second kappa shape index (κ2) is 5.15. The van der Waals surface area contributed by atoms with Gasteiger partial charge in [0.25, 0.3) is 0 Å². The van der Waals surface area contributed by atoms with Crippen molar-refractivity contribution in [3.8, 4) is 5.88 Å². The molecule has 0 aliphatic rings. The van der Waals surface area contributed by atoms with Gasteiger partial charge in [-0.2, -0.15) is 4.98 Å². The van der Waals surface area contributed by atoms with Crippen LogP contribution < -0.4 is 21.1 Å². The number of nitrogens with two attached hydrogens (primary N) is 2. The van der Waals surface area contributed by atoms with Gasteiger partial charge >= 0.3 is 0 Å². The number of rotatable bonds is 5. The van der Waals surface area contributed by atoms with Crippen LogP contribution in [0.3, 0.4) is 0 Å². The van der Waals surface area contributed by atoms with Gasteiger partial charge in [-0.1, -0.05) is 0 Å². The first-order valence-electron chi connectivity index (χ1n) is 4.79. The van der Waals surface area contributed by atoms with Gasteiger partial charge < -0.3 is 21.1 Å². The molecule has 1 aromatic rings. The van der Waals surface area contributed by atoms with E-state index in [1.165, 1.54) is 6.33 Å². The lowest BCUT2D eigenvalue weighted by molar-refractivity contribution is -0.116. The Bertz CT molecular complexity index is 382. The maximum atomic E-state index is 10.8. The highest BCUT2D eigenvalue weighted by molar-refractivity contribution is 5.81. The van der Waals surface area contributed by atoms with Crippen LogP contribution in [-0.4, -0.2) is 36.1 Å². The molecule has 0 bridgehead atoms. The lowest BCUT2D eigenvalue weighted by Gasteiger charge is -2.18. The van der Waals surface area contributed by atoms with Crippen molar-refractivity contribution in [1.82, 2.24) is 9.97 Å². The van der Waals surface area contributed by atoms with E-state index in [1.807, 2.05) is 6.92 Å². The molecule has 0 unspecified atom stereocenters. The second-order valence-corrected chi connectivity index (χ2v) is 3.17. The Morgan fingerprint density at radius 3 is 2.81 bits per heavy atom. The van der Waals surface area contributed by atoms with Gasteiger partial charge in [0.05, 0.1) is 13.2 Å². The van der Waals surface area contributed by atoms with E-state index in [-0.39, 0.29) is 6.54 Å². The average molecular weight is 225 g/mol. The Morgan fingerprint density at radius 2 is 2.25 bits per heavy atom. The summed E-state index contributed by atoms with van der Waals surface area (Å²) < 4.78 is 5.21. The molecule has 0 aliphatic carbocycles. The zero-order chi connectivity index (χ0) is 12.1. The minimum Gasteiger partial charge on any atom is -0.476 e. The first kappa shape index (κ1) is 12.0. The van der Waals surface area contributed by atoms with Crippen LogP contribution in [0, 0.1) is 0 Å². The van der Waals surface area contributed by atoms with Crippen molar-refractivity contribution in [2.45, 2.75) is 6.92 Å². The number of primary amides is 1. The van der Waals surface area contributed by atoms with Crippen molar-refractivity contribution in [3.05, 3.63) is 6.33 Å². The van der Waals surface area contributed by atoms with Crippen LogP contribution in [-0.2, 0) is 4.79 Å². The molecule has 0 saturated carbocycles. The molecule has 7 heteroatoms. The number of amides is 1. The maximum absolute atomic E-state index is 10.8. The molecule has 0 atom stereocenters. The molecule has 1 amide bonds.